The van der Waals surface area contributed by atoms with Crippen molar-refractivity contribution in [3.05, 3.63) is 38.5 Å². The maximum atomic E-state index is 13.4. The molecule has 0 radical (unpaired) electrons. The van der Waals surface area contributed by atoms with Gasteiger partial charge in [-0.05, 0) is 12.1 Å². The number of hydrogen-bond donors (Lipinski definition) is 1. The van der Waals surface area contributed by atoms with E-state index < -0.39 is 23.2 Å². The number of carbonyl (C=O) groups is 1. The fourth-order valence-corrected chi connectivity index (χ4v) is 2.72. The quantitative estimate of drug-likeness (QED) is 0.830. The van der Waals surface area contributed by atoms with Crippen LogP contribution in [0.5, 0.6) is 0 Å². The second kappa shape index (κ2) is 5.44. The van der Waals surface area contributed by atoms with E-state index in [1.807, 2.05) is 0 Å². The van der Waals surface area contributed by atoms with Crippen LogP contribution < -0.4 is 0 Å². The summed E-state index contributed by atoms with van der Waals surface area (Å²) in [5.74, 6) is -6.23. The van der Waals surface area contributed by atoms with E-state index >= 15 is 0 Å². The molecule has 0 spiro atoms. The topological polar surface area (TPSA) is 63.3 Å². The third kappa shape index (κ3) is 2.97. The zero-order valence-electron chi connectivity index (χ0n) is 10.3. The molecule has 0 aliphatic heterocycles. The van der Waals surface area contributed by atoms with E-state index in [1.54, 1.807) is 0 Å². The second-order valence-electron chi connectivity index (χ2n) is 4.17. The number of halogens is 5. The highest BCUT2D eigenvalue weighted by atomic mass is 35.5. The Balaban J connectivity index is 2.78. The number of carboxylic acid groups (broad SMARTS) is 1. The van der Waals surface area contributed by atoms with Gasteiger partial charge in [0.25, 0.3) is 0 Å². The van der Waals surface area contributed by atoms with Crippen LogP contribution in [0, 0.1) is 0 Å². The number of benzene rings is 1. The van der Waals surface area contributed by atoms with Gasteiger partial charge in [0, 0.05) is 17.5 Å². The number of hydrogen-bond acceptors (Lipinski definition) is 3. The summed E-state index contributed by atoms with van der Waals surface area (Å²) in [6.07, 6.45) is 0. The lowest BCUT2D eigenvalue weighted by molar-refractivity contribution is -0.0121. The van der Waals surface area contributed by atoms with Crippen LogP contribution in [0.2, 0.25) is 15.1 Å². The normalized spacial score (nSPS) is 11.7. The standard InChI is InChI=1S/C12H6Cl3F2NO3/c1-12(16,17)10-8(11(19)20)9(18-21-10)7-5(14)2-4(13)3-6(7)15/h2-3H,1H3,(H,19,20). The molecule has 1 aromatic carbocycles. The molecule has 4 nitrogen and oxygen atoms in total. The van der Waals surface area contributed by atoms with Crippen LogP contribution in [0.3, 0.4) is 0 Å². The molecule has 112 valence electrons. The van der Waals surface area contributed by atoms with Crippen molar-refractivity contribution >= 4 is 40.8 Å². The van der Waals surface area contributed by atoms with Crippen LogP contribution in [0.4, 0.5) is 8.78 Å². The number of carboxylic acids is 1. The summed E-state index contributed by atoms with van der Waals surface area (Å²) in [4.78, 5) is 11.3. The van der Waals surface area contributed by atoms with Crippen molar-refractivity contribution in [2.24, 2.45) is 0 Å². The van der Waals surface area contributed by atoms with Crippen LogP contribution in [-0.4, -0.2) is 16.2 Å². The molecule has 0 amide bonds. The van der Waals surface area contributed by atoms with Crippen LogP contribution in [0.25, 0.3) is 11.3 Å². The minimum Gasteiger partial charge on any atom is -0.477 e. The summed E-state index contributed by atoms with van der Waals surface area (Å²) in [5, 5.41) is 12.7. The third-order valence-corrected chi connectivity index (χ3v) is 3.36. The number of aromatic nitrogens is 1. The molecule has 0 bridgehead atoms. The fourth-order valence-electron chi connectivity index (χ4n) is 1.73. The summed E-state index contributed by atoms with van der Waals surface area (Å²) in [6, 6.07) is 2.57. The second-order valence-corrected chi connectivity index (χ2v) is 5.42. The smallest absolute Gasteiger partial charge is 0.341 e. The van der Waals surface area contributed by atoms with Crippen LogP contribution in [0.1, 0.15) is 23.0 Å². The highest BCUT2D eigenvalue weighted by Crippen LogP contribution is 2.41. The number of nitrogens with zero attached hydrogens (tertiary/aromatic N) is 1. The molecule has 1 heterocycles. The monoisotopic (exact) mass is 355 g/mol. The molecular formula is C12H6Cl3F2NO3. The van der Waals surface area contributed by atoms with Gasteiger partial charge in [-0.25, -0.2) is 4.79 Å². The highest BCUT2D eigenvalue weighted by Gasteiger charge is 2.39. The molecule has 21 heavy (non-hydrogen) atoms. The Hall–Kier alpha value is -1.37. The van der Waals surface area contributed by atoms with Crippen LogP contribution >= 0.6 is 34.8 Å². The largest absolute Gasteiger partial charge is 0.477 e. The molecule has 0 unspecified atom stereocenters. The van der Waals surface area contributed by atoms with Crippen molar-refractivity contribution in [2.45, 2.75) is 12.8 Å². The van der Waals surface area contributed by atoms with Gasteiger partial charge in [0.05, 0.1) is 10.0 Å². The molecule has 0 aliphatic carbocycles. The Morgan fingerprint density at radius 1 is 1.29 bits per heavy atom. The van der Waals surface area contributed by atoms with Gasteiger partial charge in [0.15, 0.2) is 0 Å². The molecule has 0 atom stereocenters. The van der Waals surface area contributed by atoms with Crippen LogP contribution in [-0.2, 0) is 5.92 Å². The maximum absolute atomic E-state index is 13.4. The predicted octanol–water partition coefficient (Wildman–Crippen LogP) is 5.11. The predicted molar refractivity (Wildman–Crippen MR) is 73.5 cm³/mol. The van der Waals surface area contributed by atoms with E-state index in [1.165, 1.54) is 12.1 Å². The molecule has 0 saturated carbocycles. The molecular weight excluding hydrogens is 350 g/mol. The van der Waals surface area contributed by atoms with E-state index in [0.717, 1.165) is 0 Å². The van der Waals surface area contributed by atoms with Gasteiger partial charge in [-0.3, -0.25) is 0 Å². The lowest BCUT2D eigenvalue weighted by atomic mass is 10.0. The SMILES string of the molecule is CC(F)(F)c1onc(-c2c(Cl)cc(Cl)cc2Cl)c1C(=O)O. The average Bonchev–Trinajstić information content (AvgIpc) is 2.71. The van der Waals surface area contributed by atoms with Gasteiger partial charge in [0.2, 0.25) is 5.76 Å². The first-order chi connectivity index (χ1) is 9.62. The van der Waals surface area contributed by atoms with E-state index in [-0.39, 0.29) is 26.3 Å². The van der Waals surface area contributed by atoms with E-state index in [2.05, 4.69) is 9.68 Å². The molecule has 1 N–H and O–H groups in total. The molecule has 1 aromatic heterocycles. The first-order valence-electron chi connectivity index (χ1n) is 5.39. The van der Waals surface area contributed by atoms with Gasteiger partial charge >= 0.3 is 11.9 Å². The first-order valence-corrected chi connectivity index (χ1v) is 6.52. The minimum atomic E-state index is -3.52. The highest BCUT2D eigenvalue weighted by molar-refractivity contribution is 6.42. The zero-order chi connectivity index (χ0) is 15.9. The van der Waals surface area contributed by atoms with Crippen molar-refractivity contribution in [2.75, 3.05) is 0 Å². The maximum Gasteiger partial charge on any atom is 0.341 e. The summed E-state index contributed by atoms with van der Waals surface area (Å²) in [5.41, 5.74) is -1.22. The van der Waals surface area contributed by atoms with Gasteiger partial charge in [0.1, 0.15) is 11.3 Å². The summed E-state index contributed by atoms with van der Waals surface area (Å²) in [6.45, 7) is 0.495. The molecule has 0 aliphatic rings. The summed E-state index contributed by atoms with van der Waals surface area (Å²) >= 11 is 17.6. The fraction of sp³-hybridized carbons (Fsp3) is 0.167. The molecule has 2 rings (SSSR count). The van der Waals surface area contributed by atoms with Gasteiger partial charge in [-0.2, -0.15) is 8.78 Å². The first kappa shape index (κ1) is 16.0. The Kier molecular flexibility index (Phi) is 4.15. The van der Waals surface area contributed by atoms with E-state index in [9.17, 15) is 13.6 Å². The summed E-state index contributed by atoms with van der Waals surface area (Å²) < 4.78 is 31.3. The Morgan fingerprint density at radius 2 is 1.81 bits per heavy atom. The Bertz CT molecular complexity index is 702. The van der Waals surface area contributed by atoms with E-state index in [4.69, 9.17) is 39.9 Å². The third-order valence-electron chi connectivity index (χ3n) is 2.55. The molecule has 0 fully saturated rings. The Morgan fingerprint density at radius 3 is 2.24 bits per heavy atom. The lowest BCUT2D eigenvalue weighted by Gasteiger charge is -2.08. The minimum absolute atomic E-state index is 0.0331. The van der Waals surface area contributed by atoms with Gasteiger partial charge < -0.3 is 9.63 Å². The zero-order valence-corrected chi connectivity index (χ0v) is 12.5. The van der Waals surface area contributed by atoms with E-state index in [0.29, 0.717) is 6.92 Å². The Labute approximate surface area is 132 Å². The number of rotatable bonds is 3. The van der Waals surface area contributed by atoms with Gasteiger partial charge in [-0.1, -0.05) is 40.0 Å². The molecule has 9 heteroatoms. The van der Waals surface area contributed by atoms with Crippen molar-refractivity contribution in [1.82, 2.24) is 5.16 Å². The lowest BCUT2D eigenvalue weighted by Crippen LogP contribution is -2.12. The number of alkyl halides is 2. The van der Waals surface area contributed by atoms with Crippen molar-refractivity contribution in [1.29, 1.82) is 0 Å². The number of aromatic carboxylic acids is 1. The molecule has 0 saturated heterocycles. The van der Waals surface area contributed by atoms with Crippen LogP contribution in [0.15, 0.2) is 16.7 Å². The summed E-state index contributed by atoms with van der Waals surface area (Å²) in [7, 11) is 0. The average molecular weight is 357 g/mol. The van der Waals surface area contributed by atoms with Crippen molar-refractivity contribution in [3.8, 4) is 11.3 Å². The van der Waals surface area contributed by atoms with Crippen molar-refractivity contribution < 1.29 is 23.2 Å². The van der Waals surface area contributed by atoms with Crippen molar-refractivity contribution in [3.63, 3.8) is 0 Å². The van der Waals surface area contributed by atoms with Gasteiger partial charge in [-0.15, -0.1) is 0 Å². The molecule has 2 aromatic rings.